The molecule has 1 aromatic heterocycles. The molecule has 166 valence electrons. The Morgan fingerprint density at radius 2 is 2.06 bits per heavy atom. The third kappa shape index (κ3) is 4.68. The van der Waals surface area contributed by atoms with Crippen molar-refractivity contribution in [3.8, 4) is 17.0 Å². The van der Waals surface area contributed by atoms with E-state index in [0.29, 0.717) is 22.3 Å². The van der Waals surface area contributed by atoms with Gasteiger partial charge in [-0.15, -0.1) is 0 Å². The fourth-order valence-corrected chi connectivity index (χ4v) is 4.12. The van der Waals surface area contributed by atoms with Crippen molar-refractivity contribution < 1.29 is 22.7 Å². The van der Waals surface area contributed by atoms with E-state index in [1.54, 1.807) is 18.3 Å². The quantitative estimate of drug-likeness (QED) is 0.399. The SMILES string of the molecule is CSc1nccc(-c2cc(Cl)c3c(c2)C[C@H](CNC(=O)c2ccccc2C(F)(F)F)O3)n1. The number of nitrogens with one attached hydrogen (secondary N) is 1. The highest BCUT2D eigenvalue weighted by Crippen LogP contribution is 2.39. The topological polar surface area (TPSA) is 64.1 Å². The summed E-state index contributed by atoms with van der Waals surface area (Å²) in [4.78, 5) is 21.0. The second-order valence-corrected chi connectivity index (χ2v) is 8.25. The number of hydrogen-bond acceptors (Lipinski definition) is 5. The molecule has 32 heavy (non-hydrogen) atoms. The van der Waals surface area contributed by atoms with Gasteiger partial charge >= 0.3 is 6.18 Å². The van der Waals surface area contributed by atoms with Gasteiger partial charge in [-0.05, 0) is 36.6 Å². The minimum atomic E-state index is -4.62. The van der Waals surface area contributed by atoms with E-state index >= 15 is 0 Å². The van der Waals surface area contributed by atoms with Crippen LogP contribution >= 0.6 is 23.4 Å². The first kappa shape index (κ1) is 22.4. The molecule has 10 heteroatoms. The van der Waals surface area contributed by atoms with Gasteiger partial charge in [-0.1, -0.05) is 35.5 Å². The first-order valence-corrected chi connectivity index (χ1v) is 11.2. The van der Waals surface area contributed by atoms with Gasteiger partial charge in [0.05, 0.1) is 28.4 Å². The van der Waals surface area contributed by atoms with Crippen molar-refractivity contribution in [2.75, 3.05) is 12.8 Å². The molecule has 0 fully saturated rings. The Labute approximate surface area is 191 Å². The van der Waals surface area contributed by atoms with E-state index in [1.165, 1.54) is 23.9 Å². The van der Waals surface area contributed by atoms with Crippen molar-refractivity contribution in [3.05, 3.63) is 70.4 Å². The molecule has 1 atom stereocenters. The zero-order valence-electron chi connectivity index (χ0n) is 16.7. The third-order valence-electron chi connectivity index (χ3n) is 4.93. The summed E-state index contributed by atoms with van der Waals surface area (Å²) in [5.74, 6) is -0.306. The zero-order valence-corrected chi connectivity index (χ0v) is 18.3. The predicted molar refractivity (Wildman–Crippen MR) is 116 cm³/mol. The van der Waals surface area contributed by atoms with Gasteiger partial charge in [0, 0.05) is 23.7 Å². The monoisotopic (exact) mass is 479 g/mol. The highest BCUT2D eigenvalue weighted by atomic mass is 35.5. The normalized spacial score (nSPS) is 15.2. The molecule has 4 rings (SSSR count). The number of carbonyl (C=O) groups excluding carboxylic acids is 1. The van der Waals surface area contributed by atoms with Crippen LogP contribution in [0.4, 0.5) is 13.2 Å². The van der Waals surface area contributed by atoms with Crippen molar-refractivity contribution in [2.24, 2.45) is 0 Å². The van der Waals surface area contributed by atoms with Crippen molar-refractivity contribution in [1.29, 1.82) is 0 Å². The molecule has 1 N–H and O–H groups in total. The van der Waals surface area contributed by atoms with Crippen molar-refractivity contribution in [3.63, 3.8) is 0 Å². The summed E-state index contributed by atoms with van der Waals surface area (Å²) in [5, 5.41) is 3.57. The summed E-state index contributed by atoms with van der Waals surface area (Å²) in [6.07, 6.45) is -1.07. The molecule has 0 spiro atoms. The molecule has 0 bridgehead atoms. The standard InChI is InChI=1S/C22H17ClF3N3O2S/c1-32-21-27-7-6-18(29-21)12-8-13-9-14(31-19(13)17(23)10-12)11-28-20(30)15-4-2-3-5-16(15)22(24,25)26/h2-8,10,14H,9,11H2,1H3,(H,28,30)/t14-/m1/s1. The maximum Gasteiger partial charge on any atom is 0.417 e. The van der Waals surface area contributed by atoms with E-state index in [4.69, 9.17) is 16.3 Å². The smallest absolute Gasteiger partial charge is 0.417 e. The van der Waals surface area contributed by atoms with Crippen LogP contribution in [0.1, 0.15) is 21.5 Å². The van der Waals surface area contributed by atoms with Crippen LogP contribution in [0.2, 0.25) is 5.02 Å². The molecule has 5 nitrogen and oxygen atoms in total. The van der Waals surface area contributed by atoms with Crippen LogP contribution in [0.5, 0.6) is 5.75 Å². The molecular weight excluding hydrogens is 463 g/mol. The Hall–Kier alpha value is -2.78. The number of rotatable bonds is 5. The van der Waals surface area contributed by atoms with Gasteiger partial charge in [0.15, 0.2) is 5.16 Å². The van der Waals surface area contributed by atoms with Crippen LogP contribution in [0.3, 0.4) is 0 Å². The van der Waals surface area contributed by atoms with Gasteiger partial charge in [0.25, 0.3) is 5.91 Å². The van der Waals surface area contributed by atoms with Crippen LogP contribution in [0.25, 0.3) is 11.3 Å². The highest BCUT2D eigenvalue weighted by molar-refractivity contribution is 7.98. The number of alkyl halides is 3. The number of thioether (sulfide) groups is 1. The number of halogens is 4. The van der Waals surface area contributed by atoms with Crippen molar-refractivity contribution in [1.82, 2.24) is 15.3 Å². The van der Waals surface area contributed by atoms with E-state index in [9.17, 15) is 18.0 Å². The molecule has 2 aromatic carbocycles. The number of fused-ring (bicyclic) bond motifs is 1. The molecule has 1 aliphatic heterocycles. The highest BCUT2D eigenvalue weighted by Gasteiger charge is 2.35. The molecule has 1 amide bonds. The summed E-state index contributed by atoms with van der Waals surface area (Å²) in [6, 6.07) is 10.1. The number of ether oxygens (including phenoxy) is 1. The number of amides is 1. The molecule has 1 aliphatic rings. The lowest BCUT2D eigenvalue weighted by Crippen LogP contribution is -2.35. The second kappa shape index (κ2) is 8.99. The number of hydrogen-bond donors (Lipinski definition) is 1. The lowest BCUT2D eigenvalue weighted by Gasteiger charge is -2.15. The van der Waals surface area contributed by atoms with Crippen LogP contribution in [-0.4, -0.2) is 34.8 Å². The second-order valence-electron chi connectivity index (χ2n) is 7.07. The molecule has 0 saturated carbocycles. The van der Waals surface area contributed by atoms with E-state index in [0.717, 1.165) is 29.0 Å². The third-order valence-corrected chi connectivity index (χ3v) is 5.77. The van der Waals surface area contributed by atoms with Crippen LogP contribution in [0, 0.1) is 0 Å². The summed E-state index contributed by atoms with van der Waals surface area (Å²) < 4.78 is 45.4. The Morgan fingerprint density at radius 3 is 2.81 bits per heavy atom. The van der Waals surface area contributed by atoms with Gasteiger partial charge in [-0.3, -0.25) is 4.79 Å². The molecule has 3 aromatic rings. The van der Waals surface area contributed by atoms with E-state index in [1.807, 2.05) is 12.3 Å². The average Bonchev–Trinajstić information content (AvgIpc) is 3.20. The number of benzene rings is 2. The summed E-state index contributed by atoms with van der Waals surface area (Å²) in [6.45, 7) is 0.0372. The minimum Gasteiger partial charge on any atom is -0.486 e. The van der Waals surface area contributed by atoms with Gasteiger partial charge in [-0.25, -0.2) is 9.97 Å². The first-order valence-electron chi connectivity index (χ1n) is 9.57. The number of carbonyl (C=O) groups is 1. The zero-order chi connectivity index (χ0) is 22.9. The fraction of sp³-hybridized carbons (Fsp3) is 0.227. The molecule has 0 saturated heterocycles. The Kier molecular flexibility index (Phi) is 6.30. The summed E-state index contributed by atoms with van der Waals surface area (Å²) >= 11 is 7.83. The first-order chi connectivity index (χ1) is 15.3. The average molecular weight is 480 g/mol. The number of aromatic nitrogens is 2. The Bertz CT molecular complexity index is 1170. The molecule has 0 unspecified atom stereocenters. The van der Waals surface area contributed by atoms with E-state index < -0.39 is 29.3 Å². The van der Waals surface area contributed by atoms with E-state index in [-0.39, 0.29) is 6.54 Å². The minimum absolute atomic E-state index is 0.0372. The summed E-state index contributed by atoms with van der Waals surface area (Å²) in [7, 11) is 0. The Balaban J connectivity index is 1.47. The fourth-order valence-electron chi connectivity index (χ4n) is 3.48. The summed E-state index contributed by atoms with van der Waals surface area (Å²) in [5.41, 5.74) is 0.958. The lowest BCUT2D eigenvalue weighted by molar-refractivity contribution is -0.137. The van der Waals surface area contributed by atoms with Gasteiger partial charge in [-0.2, -0.15) is 13.2 Å². The van der Waals surface area contributed by atoms with Crippen molar-refractivity contribution in [2.45, 2.75) is 23.9 Å². The van der Waals surface area contributed by atoms with Crippen LogP contribution in [0.15, 0.2) is 53.8 Å². The molecule has 2 heterocycles. The largest absolute Gasteiger partial charge is 0.486 e. The van der Waals surface area contributed by atoms with Gasteiger partial charge in [0.2, 0.25) is 0 Å². The molecule has 0 aliphatic carbocycles. The van der Waals surface area contributed by atoms with Crippen LogP contribution < -0.4 is 10.1 Å². The molecule has 0 radical (unpaired) electrons. The molecular formula is C22H17ClF3N3O2S. The van der Waals surface area contributed by atoms with Gasteiger partial charge < -0.3 is 10.1 Å². The predicted octanol–water partition coefficient (Wildman–Crippen LogP) is 5.27. The van der Waals surface area contributed by atoms with Crippen molar-refractivity contribution >= 4 is 29.3 Å². The maximum atomic E-state index is 13.2. The van der Waals surface area contributed by atoms with Crippen LogP contribution in [-0.2, 0) is 12.6 Å². The number of nitrogens with zero attached hydrogens (tertiary/aromatic N) is 2. The maximum absolute atomic E-state index is 13.2. The Morgan fingerprint density at radius 1 is 1.28 bits per heavy atom. The lowest BCUT2D eigenvalue weighted by atomic mass is 10.0. The van der Waals surface area contributed by atoms with E-state index in [2.05, 4.69) is 15.3 Å². The van der Waals surface area contributed by atoms with Gasteiger partial charge in [0.1, 0.15) is 11.9 Å².